The van der Waals surface area contributed by atoms with Crippen molar-refractivity contribution in [2.45, 2.75) is 6.92 Å². The van der Waals surface area contributed by atoms with Crippen LogP contribution in [0.5, 0.6) is 0 Å². The Morgan fingerprint density at radius 3 is 2.53 bits per heavy atom. The van der Waals surface area contributed by atoms with Crippen molar-refractivity contribution < 1.29 is 9.18 Å². The highest BCUT2D eigenvalue weighted by Gasteiger charge is 2.11. The van der Waals surface area contributed by atoms with Crippen LogP contribution < -0.4 is 5.32 Å². The number of carbonyl (C=O) groups is 1. The smallest absolute Gasteiger partial charge is 0.258 e. The molecule has 0 saturated carbocycles. The molecule has 0 atom stereocenters. The van der Waals surface area contributed by atoms with E-state index in [1.807, 2.05) is 25.1 Å². The molecule has 0 bridgehead atoms. The first-order valence-electron chi connectivity index (χ1n) is 5.29. The van der Waals surface area contributed by atoms with Crippen molar-refractivity contribution in [1.82, 2.24) is 0 Å². The Morgan fingerprint density at radius 1 is 1.12 bits per heavy atom. The molecule has 1 amide bonds. The van der Waals surface area contributed by atoms with E-state index in [0.29, 0.717) is 5.69 Å². The molecule has 0 unspecified atom stereocenters. The Kier molecular flexibility index (Phi) is 3.19. The lowest BCUT2D eigenvalue weighted by atomic mass is 10.1. The summed E-state index contributed by atoms with van der Waals surface area (Å²) in [6, 6.07) is 13.4. The van der Waals surface area contributed by atoms with E-state index in [2.05, 4.69) is 5.32 Å². The number of amides is 1. The molecule has 0 saturated heterocycles. The number of halogens is 1. The first-order valence-corrected chi connectivity index (χ1v) is 5.29. The van der Waals surface area contributed by atoms with E-state index in [0.717, 1.165) is 5.56 Å². The van der Waals surface area contributed by atoms with Crippen molar-refractivity contribution in [3.8, 4) is 0 Å². The van der Waals surface area contributed by atoms with Gasteiger partial charge in [-0.2, -0.15) is 0 Å². The van der Waals surface area contributed by atoms with Gasteiger partial charge in [-0.1, -0.05) is 29.8 Å². The normalized spacial score (nSPS) is 10.0. The number of rotatable bonds is 2. The van der Waals surface area contributed by atoms with Crippen LogP contribution in [0.15, 0.2) is 48.5 Å². The SMILES string of the molecule is Cc1ccc(F)c(C(=O)Nc2ccccc2)c1. The molecule has 0 aliphatic carbocycles. The fraction of sp³-hybridized carbons (Fsp3) is 0.0714. The average molecular weight is 229 g/mol. The first kappa shape index (κ1) is 11.3. The fourth-order valence-electron chi connectivity index (χ4n) is 1.53. The molecule has 2 rings (SSSR count). The molecular formula is C14H12FNO. The minimum absolute atomic E-state index is 0.0638. The van der Waals surface area contributed by atoms with E-state index < -0.39 is 11.7 Å². The summed E-state index contributed by atoms with van der Waals surface area (Å²) in [5, 5.41) is 2.65. The van der Waals surface area contributed by atoms with Crippen LogP contribution in [0.2, 0.25) is 0 Å². The zero-order chi connectivity index (χ0) is 12.3. The van der Waals surface area contributed by atoms with Crippen LogP contribution >= 0.6 is 0 Å². The third kappa shape index (κ3) is 2.69. The van der Waals surface area contributed by atoms with Crippen molar-refractivity contribution >= 4 is 11.6 Å². The van der Waals surface area contributed by atoms with Crippen LogP contribution in [0, 0.1) is 12.7 Å². The molecule has 0 fully saturated rings. The molecule has 0 aromatic heterocycles. The topological polar surface area (TPSA) is 29.1 Å². The van der Waals surface area contributed by atoms with Crippen LogP contribution in [0.1, 0.15) is 15.9 Å². The third-order valence-electron chi connectivity index (χ3n) is 2.40. The van der Waals surface area contributed by atoms with Gasteiger partial charge in [0.1, 0.15) is 5.82 Å². The third-order valence-corrected chi connectivity index (χ3v) is 2.40. The van der Waals surface area contributed by atoms with Crippen molar-refractivity contribution in [2.75, 3.05) is 5.32 Å². The molecule has 0 aliphatic rings. The van der Waals surface area contributed by atoms with Crippen LogP contribution in [0.4, 0.5) is 10.1 Å². The Bertz CT molecular complexity index is 537. The zero-order valence-electron chi connectivity index (χ0n) is 9.41. The molecule has 17 heavy (non-hydrogen) atoms. The minimum atomic E-state index is -0.510. The van der Waals surface area contributed by atoms with E-state index in [1.54, 1.807) is 18.2 Å². The van der Waals surface area contributed by atoms with Crippen LogP contribution in [-0.4, -0.2) is 5.91 Å². The second-order valence-electron chi connectivity index (χ2n) is 3.80. The lowest BCUT2D eigenvalue weighted by Crippen LogP contribution is -2.13. The number of carbonyl (C=O) groups excluding carboxylic acids is 1. The van der Waals surface area contributed by atoms with Gasteiger partial charge in [-0.15, -0.1) is 0 Å². The number of aryl methyl sites for hydroxylation is 1. The van der Waals surface area contributed by atoms with Gasteiger partial charge < -0.3 is 5.32 Å². The van der Waals surface area contributed by atoms with Crippen molar-refractivity contribution in [3.63, 3.8) is 0 Å². The number of benzene rings is 2. The van der Waals surface area contributed by atoms with Gasteiger partial charge in [0.25, 0.3) is 5.91 Å². The molecule has 86 valence electrons. The Morgan fingerprint density at radius 2 is 1.82 bits per heavy atom. The molecule has 0 aliphatic heterocycles. The molecule has 1 N–H and O–H groups in total. The molecule has 2 aromatic rings. The summed E-state index contributed by atoms with van der Waals surface area (Å²) < 4.78 is 13.5. The summed E-state index contributed by atoms with van der Waals surface area (Å²) in [6.07, 6.45) is 0. The predicted molar refractivity (Wildman–Crippen MR) is 65.5 cm³/mol. The van der Waals surface area contributed by atoms with E-state index in [4.69, 9.17) is 0 Å². The van der Waals surface area contributed by atoms with E-state index in [9.17, 15) is 9.18 Å². The summed E-state index contributed by atoms with van der Waals surface area (Å²) in [6.45, 7) is 1.82. The highest BCUT2D eigenvalue weighted by Crippen LogP contribution is 2.13. The number of hydrogen-bond donors (Lipinski definition) is 1. The molecular weight excluding hydrogens is 217 g/mol. The summed E-state index contributed by atoms with van der Waals surface area (Å²) >= 11 is 0. The Labute approximate surface area is 99.1 Å². The van der Waals surface area contributed by atoms with Crippen LogP contribution in [0.25, 0.3) is 0 Å². The summed E-state index contributed by atoms with van der Waals surface area (Å²) in [7, 11) is 0. The number of anilines is 1. The highest BCUT2D eigenvalue weighted by molar-refractivity contribution is 6.04. The largest absolute Gasteiger partial charge is 0.322 e. The van der Waals surface area contributed by atoms with Gasteiger partial charge in [-0.05, 0) is 31.2 Å². The average Bonchev–Trinajstić information content (AvgIpc) is 2.33. The summed E-state index contributed by atoms with van der Waals surface area (Å²) in [5.41, 5.74) is 1.57. The predicted octanol–water partition coefficient (Wildman–Crippen LogP) is 3.39. The molecule has 0 radical (unpaired) electrons. The maximum absolute atomic E-state index is 13.5. The van der Waals surface area contributed by atoms with E-state index in [1.165, 1.54) is 12.1 Å². The van der Waals surface area contributed by atoms with E-state index >= 15 is 0 Å². The molecule has 0 heterocycles. The van der Waals surface area contributed by atoms with E-state index in [-0.39, 0.29) is 5.56 Å². The van der Waals surface area contributed by atoms with Gasteiger partial charge in [0, 0.05) is 5.69 Å². The number of hydrogen-bond acceptors (Lipinski definition) is 1. The lowest BCUT2D eigenvalue weighted by Gasteiger charge is -2.06. The van der Waals surface area contributed by atoms with Gasteiger partial charge in [0.15, 0.2) is 0 Å². The lowest BCUT2D eigenvalue weighted by molar-refractivity contribution is 0.102. The van der Waals surface area contributed by atoms with Gasteiger partial charge in [-0.3, -0.25) is 4.79 Å². The standard InChI is InChI=1S/C14H12FNO/c1-10-7-8-13(15)12(9-10)14(17)16-11-5-3-2-4-6-11/h2-9H,1H3,(H,16,17). The number of para-hydroxylation sites is 1. The second kappa shape index (κ2) is 4.78. The van der Waals surface area contributed by atoms with Crippen molar-refractivity contribution in [3.05, 3.63) is 65.5 Å². The molecule has 2 aromatic carbocycles. The molecule has 2 nitrogen and oxygen atoms in total. The quantitative estimate of drug-likeness (QED) is 0.840. The summed E-state index contributed by atoms with van der Waals surface area (Å²) in [4.78, 5) is 11.8. The fourth-order valence-corrected chi connectivity index (χ4v) is 1.53. The van der Waals surface area contributed by atoms with Gasteiger partial charge in [0.05, 0.1) is 5.56 Å². The van der Waals surface area contributed by atoms with Crippen LogP contribution in [0.3, 0.4) is 0 Å². The second-order valence-corrected chi connectivity index (χ2v) is 3.80. The first-order chi connectivity index (χ1) is 8.16. The van der Waals surface area contributed by atoms with Gasteiger partial charge in [0.2, 0.25) is 0 Å². The maximum Gasteiger partial charge on any atom is 0.258 e. The highest BCUT2D eigenvalue weighted by atomic mass is 19.1. The molecule has 0 spiro atoms. The molecule has 3 heteroatoms. The van der Waals surface area contributed by atoms with Crippen molar-refractivity contribution in [2.24, 2.45) is 0 Å². The van der Waals surface area contributed by atoms with Gasteiger partial charge >= 0.3 is 0 Å². The zero-order valence-corrected chi connectivity index (χ0v) is 9.41. The van der Waals surface area contributed by atoms with Crippen LogP contribution in [-0.2, 0) is 0 Å². The Hall–Kier alpha value is -2.16. The monoisotopic (exact) mass is 229 g/mol. The Balaban J connectivity index is 2.23. The minimum Gasteiger partial charge on any atom is -0.322 e. The van der Waals surface area contributed by atoms with Crippen molar-refractivity contribution in [1.29, 1.82) is 0 Å². The van der Waals surface area contributed by atoms with Gasteiger partial charge in [-0.25, -0.2) is 4.39 Å². The number of nitrogens with one attached hydrogen (secondary N) is 1. The maximum atomic E-state index is 13.5. The summed E-state index contributed by atoms with van der Waals surface area (Å²) in [5.74, 6) is -0.943.